The van der Waals surface area contributed by atoms with E-state index in [0.717, 1.165) is 12.6 Å². The van der Waals surface area contributed by atoms with Crippen molar-refractivity contribution in [3.8, 4) is 12.3 Å². The maximum Gasteiger partial charge on any atom is 0.191 e. The number of aliphatic imine (C=N–C) groups is 1. The fourth-order valence-electron chi connectivity index (χ4n) is 3.93. The highest BCUT2D eigenvalue weighted by Gasteiger charge is 2.66. The lowest BCUT2D eigenvalue weighted by molar-refractivity contribution is -0.171. The van der Waals surface area contributed by atoms with E-state index in [4.69, 9.17) is 11.2 Å². The second-order valence-corrected chi connectivity index (χ2v) is 5.58. The molecule has 0 aromatic rings. The quantitative estimate of drug-likeness (QED) is 0.430. The highest BCUT2D eigenvalue weighted by molar-refractivity contribution is 5.80. The van der Waals surface area contributed by atoms with Gasteiger partial charge in [-0.1, -0.05) is 12.3 Å². The molecular weight excluding hydrogens is 226 g/mol. The number of rotatable bonds is 2. The Morgan fingerprint density at radius 1 is 1.56 bits per heavy atom. The number of nitrogens with one attached hydrogen (secondary N) is 2. The van der Waals surface area contributed by atoms with Crippen molar-refractivity contribution in [1.82, 2.24) is 10.6 Å². The second kappa shape index (κ2) is 4.47. The van der Waals surface area contributed by atoms with Gasteiger partial charge in [-0.05, 0) is 19.3 Å². The topological polar surface area (TPSA) is 45.7 Å². The summed E-state index contributed by atoms with van der Waals surface area (Å²) in [4.78, 5) is 4.24. The van der Waals surface area contributed by atoms with Crippen LogP contribution in [0.3, 0.4) is 0 Å². The first-order chi connectivity index (χ1) is 8.81. The molecule has 18 heavy (non-hydrogen) atoms. The average molecular weight is 247 g/mol. The molecule has 1 heterocycles. The van der Waals surface area contributed by atoms with Crippen molar-refractivity contribution in [2.75, 3.05) is 20.2 Å². The molecule has 4 nitrogen and oxygen atoms in total. The molecule has 0 amide bonds. The first kappa shape index (κ1) is 11.9. The van der Waals surface area contributed by atoms with Crippen LogP contribution in [0.1, 0.15) is 25.7 Å². The molecule has 2 saturated carbocycles. The van der Waals surface area contributed by atoms with Crippen molar-refractivity contribution in [3.05, 3.63) is 0 Å². The molecule has 1 saturated heterocycles. The van der Waals surface area contributed by atoms with Gasteiger partial charge < -0.3 is 15.4 Å². The van der Waals surface area contributed by atoms with E-state index in [1.165, 1.54) is 25.7 Å². The Hall–Kier alpha value is -1.21. The summed E-state index contributed by atoms with van der Waals surface area (Å²) in [6.45, 7) is 1.44. The van der Waals surface area contributed by atoms with Crippen LogP contribution in [0.15, 0.2) is 4.99 Å². The molecule has 3 rings (SSSR count). The average Bonchev–Trinajstić information content (AvgIpc) is 2.73. The van der Waals surface area contributed by atoms with E-state index >= 15 is 0 Å². The molecule has 1 spiro atoms. The molecule has 0 aromatic heterocycles. The number of guanidine groups is 1. The van der Waals surface area contributed by atoms with Crippen molar-refractivity contribution in [2.45, 2.75) is 37.8 Å². The number of hydrogen-bond donors (Lipinski definition) is 2. The number of fused-ring (bicyclic) bond motifs is 2. The molecule has 98 valence electrons. The van der Waals surface area contributed by atoms with Crippen LogP contribution in [0.4, 0.5) is 0 Å². The summed E-state index contributed by atoms with van der Waals surface area (Å²) in [7, 11) is 1.79. The van der Waals surface area contributed by atoms with Gasteiger partial charge >= 0.3 is 0 Å². The summed E-state index contributed by atoms with van der Waals surface area (Å²) in [5.41, 5.74) is 0.384. The maximum absolute atomic E-state index is 5.90. The third-order valence-electron chi connectivity index (χ3n) is 4.91. The van der Waals surface area contributed by atoms with E-state index in [1.54, 1.807) is 7.05 Å². The van der Waals surface area contributed by atoms with Crippen molar-refractivity contribution in [2.24, 2.45) is 16.3 Å². The smallest absolute Gasteiger partial charge is 0.191 e. The second-order valence-electron chi connectivity index (χ2n) is 5.58. The minimum absolute atomic E-state index is 0.384. The Labute approximate surface area is 109 Å². The molecule has 3 unspecified atom stereocenters. The molecule has 3 aliphatic rings. The minimum atomic E-state index is 0.384. The van der Waals surface area contributed by atoms with Crippen LogP contribution in [-0.2, 0) is 4.74 Å². The van der Waals surface area contributed by atoms with Gasteiger partial charge in [0.25, 0.3) is 0 Å². The molecule has 4 heteroatoms. The Morgan fingerprint density at radius 2 is 2.39 bits per heavy atom. The van der Waals surface area contributed by atoms with Gasteiger partial charge in [0, 0.05) is 31.0 Å². The zero-order valence-electron chi connectivity index (χ0n) is 10.9. The zero-order valence-corrected chi connectivity index (χ0v) is 10.9. The van der Waals surface area contributed by atoms with E-state index < -0.39 is 0 Å². The maximum atomic E-state index is 5.90. The van der Waals surface area contributed by atoms with Crippen molar-refractivity contribution < 1.29 is 4.74 Å². The Kier molecular flexibility index (Phi) is 2.95. The van der Waals surface area contributed by atoms with Gasteiger partial charge in [-0.3, -0.25) is 4.99 Å². The molecule has 3 atom stereocenters. The third-order valence-corrected chi connectivity index (χ3v) is 4.91. The SMILES string of the molecule is C#CCNC(=NC)NC1C2CCOC2C12CCC2. The van der Waals surface area contributed by atoms with E-state index in [-0.39, 0.29) is 0 Å². The number of hydrogen-bond acceptors (Lipinski definition) is 2. The van der Waals surface area contributed by atoms with Crippen LogP contribution in [-0.4, -0.2) is 38.3 Å². The van der Waals surface area contributed by atoms with Crippen molar-refractivity contribution >= 4 is 5.96 Å². The van der Waals surface area contributed by atoms with Gasteiger partial charge in [0.1, 0.15) is 0 Å². The lowest BCUT2D eigenvalue weighted by Gasteiger charge is -2.63. The van der Waals surface area contributed by atoms with Crippen LogP contribution < -0.4 is 10.6 Å². The van der Waals surface area contributed by atoms with E-state index in [9.17, 15) is 0 Å². The highest BCUT2D eigenvalue weighted by atomic mass is 16.5. The van der Waals surface area contributed by atoms with Gasteiger partial charge in [-0.2, -0.15) is 0 Å². The largest absolute Gasteiger partial charge is 0.377 e. The van der Waals surface area contributed by atoms with E-state index in [2.05, 4.69) is 21.5 Å². The zero-order chi connectivity index (χ0) is 12.6. The van der Waals surface area contributed by atoms with Crippen molar-refractivity contribution in [1.29, 1.82) is 0 Å². The summed E-state index contributed by atoms with van der Waals surface area (Å²) in [5.74, 6) is 4.07. The molecule has 0 bridgehead atoms. The molecule has 3 fully saturated rings. The predicted octanol–water partition coefficient (Wildman–Crippen LogP) is 0.742. The van der Waals surface area contributed by atoms with Crippen LogP contribution in [0.25, 0.3) is 0 Å². The molecular formula is C14H21N3O. The Bertz CT molecular complexity index is 394. The lowest BCUT2D eigenvalue weighted by Crippen LogP contribution is -2.72. The van der Waals surface area contributed by atoms with Crippen molar-refractivity contribution in [3.63, 3.8) is 0 Å². The predicted molar refractivity (Wildman–Crippen MR) is 71.2 cm³/mol. The van der Waals surface area contributed by atoms with Crippen LogP contribution in [0, 0.1) is 23.7 Å². The first-order valence-corrected chi connectivity index (χ1v) is 6.84. The Balaban J connectivity index is 1.66. The normalized spacial score (nSPS) is 36.2. The summed E-state index contributed by atoms with van der Waals surface area (Å²) >= 11 is 0. The standard InChI is InChI=1S/C14H21N3O/c1-3-8-16-13(15-2)17-11-10-5-9-18-12(10)14(11)6-4-7-14/h1,10-12H,4-9H2,2H3,(H2,15,16,17). The first-order valence-electron chi connectivity index (χ1n) is 6.84. The number of ether oxygens (including phenoxy) is 1. The number of nitrogens with zero attached hydrogens (tertiary/aromatic N) is 1. The lowest BCUT2D eigenvalue weighted by atomic mass is 9.46. The highest BCUT2D eigenvalue weighted by Crippen LogP contribution is 2.62. The summed E-state index contributed by atoms with van der Waals surface area (Å²) < 4.78 is 5.90. The van der Waals surface area contributed by atoms with Crippen LogP contribution in [0.2, 0.25) is 0 Å². The molecule has 1 aliphatic heterocycles. The van der Waals surface area contributed by atoms with Gasteiger partial charge in [0.2, 0.25) is 0 Å². The van der Waals surface area contributed by atoms with E-state index in [1.807, 2.05) is 0 Å². The summed E-state index contributed by atoms with van der Waals surface area (Å²) in [6.07, 6.45) is 10.9. The van der Waals surface area contributed by atoms with Crippen LogP contribution in [0.5, 0.6) is 0 Å². The monoisotopic (exact) mass is 247 g/mol. The molecule has 0 aromatic carbocycles. The molecule has 2 aliphatic carbocycles. The molecule has 2 N–H and O–H groups in total. The van der Waals surface area contributed by atoms with Crippen LogP contribution >= 0.6 is 0 Å². The summed E-state index contributed by atoms with van der Waals surface area (Å²) in [6, 6.07) is 0.516. The fraction of sp³-hybridized carbons (Fsp3) is 0.786. The molecule has 0 radical (unpaired) electrons. The summed E-state index contributed by atoms with van der Waals surface area (Å²) in [5, 5.41) is 6.71. The van der Waals surface area contributed by atoms with E-state index in [0.29, 0.717) is 30.0 Å². The van der Waals surface area contributed by atoms with Gasteiger partial charge in [-0.15, -0.1) is 6.42 Å². The van der Waals surface area contributed by atoms with Gasteiger partial charge in [-0.25, -0.2) is 0 Å². The minimum Gasteiger partial charge on any atom is -0.377 e. The number of terminal acetylenes is 1. The van der Waals surface area contributed by atoms with Gasteiger partial charge in [0.05, 0.1) is 12.6 Å². The Morgan fingerprint density at radius 3 is 3.00 bits per heavy atom. The third kappa shape index (κ3) is 1.54. The fourth-order valence-corrected chi connectivity index (χ4v) is 3.93. The van der Waals surface area contributed by atoms with Gasteiger partial charge in [0.15, 0.2) is 5.96 Å².